The highest BCUT2D eigenvalue weighted by Gasteiger charge is 2.06. The highest BCUT2D eigenvalue weighted by atomic mass is 16.5. The van der Waals surface area contributed by atoms with Gasteiger partial charge in [-0.2, -0.15) is 5.10 Å². The van der Waals surface area contributed by atoms with Crippen LogP contribution >= 0.6 is 0 Å². The highest BCUT2D eigenvalue weighted by Crippen LogP contribution is 2.11. The molecule has 5 nitrogen and oxygen atoms in total. The molecule has 5 heteroatoms. The van der Waals surface area contributed by atoms with Crippen LogP contribution in [0, 0.1) is 6.92 Å². The number of hydrogen-bond donors (Lipinski definition) is 2. The molecule has 0 spiro atoms. The number of nitrogens with zero attached hydrogens (tertiary/aromatic N) is 1. The molecule has 2 rings (SSSR count). The number of amides is 1. The van der Waals surface area contributed by atoms with Crippen LogP contribution in [-0.4, -0.2) is 23.2 Å². The summed E-state index contributed by atoms with van der Waals surface area (Å²) in [7, 11) is 1.59. The number of hydrogen-bond acceptors (Lipinski definition) is 3. The zero-order valence-electron chi connectivity index (χ0n) is 10.4. The number of benzene rings is 1. The van der Waals surface area contributed by atoms with Gasteiger partial charge in [-0.3, -0.25) is 9.89 Å². The van der Waals surface area contributed by atoms with Gasteiger partial charge in [0, 0.05) is 23.4 Å². The van der Waals surface area contributed by atoms with Crippen molar-refractivity contribution in [3.05, 3.63) is 47.3 Å². The van der Waals surface area contributed by atoms with E-state index in [-0.39, 0.29) is 5.91 Å². The van der Waals surface area contributed by atoms with Crippen LogP contribution in [0.1, 0.15) is 21.6 Å². The Kier molecular flexibility index (Phi) is 3.62. The van der Waals surface area contributed by atoms with E-state index in [0.717, 1.165) is 17.0 Å². The van der Waals surface area contributed by atoms with Crippen molar-refractivity contribution in [1.82, 2.24) is 15.5 Å². The molecule has 0 fully saturated rings. The van der Waals surface area contributed by atoms with E-state index < -0.39 is 0 Å². The molecule has 0 aliphatic heterocycles. The molecule has 0 aliphatic carbocycles. The smallest absolute Gasteiger partial charge is 0.251 e. The van der Waals surface area contributed by atoms with Gasteiger partial charge in [-0.25, -0.2) is 0 Å². The molecule has 2 aromatic rings. The van der Waals surface area contributed by atoms with Gasteiger partial charge in [-0.05, 0) is 31.2 Å². The first-order valence-corrected chi connectivity index (χ1v) is 5.62. The number of methoxy groups -OCH3 is 1. The zero-order valence-corrected chi connectivity index (χ0v) is 10.4. The van der Waals surface area contributed by atoms with E-state index in [2.05, 4.69) is 15.5 Å². The molecule has 0 bridgehead atoms. The molecule has 1 heterocycles. The lowest BCUT2D eigenvalue weighted by Crippen LogP contribution is -2.22. The Balaban J connectivity index is 1.97. The minimum Gasteiger partial charge on any atom is -0.497 e. The molecule has 2 N–H and O–H groups in total. The second-order valence-corrected chi connectivity index (χ2v) is 3.93. The Hall–Kier alpha value is -2.30. The van der Waals surface area contributed by atoms with Crippen molar-refractivity contribution in [2.24, 2.45) is 0 Å². The minimum absolute atomic E-state index is 0.113. The lowest BCUT2D eigenvalue weighted by atomic mass is 10.2. The molecule has 0 unspecified atom stereocenters. The van der Waals surface area contributed by atoms with Gasteiger partial charge in [0.1, 0.15) is 5.75 Å². The Bertz CT molecular complexity index is 531. The summed E-state index contributed by atoms with van der Waals surface area (Å²) < 4.78 is 5.04. The van der Waals surface area contributed by atoms with Crippen LogP contribution in [0.2, 0.25) is 0 Å². The predicted octanol–water partition coefficient (Wildman–Crippen LogP) is 1.66. The standard InChI is InChI=1S/C13H15N3O2/c1-9-11(8-15-16-9)7-14-13(17)10-3-5-12(18-2)6-4-10/h3-6,8H,7H2,1-2H3,(H,14,17)(H,15,16). The molecule has 1 aromatic carbocycles. The second-order valence-electron chi connectivity index (χ2n) is 3.93. The summed E-state index contributed by atoms with van der Waals surface area (Å²) >= 11 is 0. The van der Waals surface area contributed by atoms with E-state index in [9.17, 15) is 4.79 Å². The van der Waals surface area contributed by atoms with E-state index >= 15 is 0 Å². The summed E-state index contributed by atoms with van der Waals surface area (Å²) in [4.78, 5) is 11.9. The number of aryl methyl sites for hydroxylation is 1. The quantitative estimate of drug-likeness (QED) is 0.860. The van der Waals surface area contributed by atoms with Gasteiger partial charge in [-0.1, -0.05) is 0 Å². The number of rotatable bonds is 4. The molecule has 0 saturated heterocycles. The number of carbonyl (C=O) groups is 1. The fraction of sp³-hybridized carbons (Fsp3) is 0.231. The van der Waals surface area contributed by atoms with Crippen LogP contribution in [0.5, 0.6) is 5.75 Å². The number of H-pyrrole nitrogens is 1. The third-order valence-corrected chi connectivity index (χ3v) is 2.73. The van der Waals surface area contributed by atoms with Crippen molar-refractivity contribution in [3.8, 4) is 5.75 Å². The Morgan fingerprint density at radius 3 is 2.67 bits per heavy atom. The molecular formula is C13H15N3O2. The first-order chi connectivity index (χ1) is 8.70. The molecule has 0 atom stereocenters. The lowest BCUT2D eigenvalue weighted by Gasteiger charge is -2.05. The molecule has 94 valence electrons. The number of nitrogens with one attached hydrogen (secondary N) is 2. The van der Waals surface area contributed by atoms with Gasteiger partial charge in [-0.15, -0.1) is 0 Å². The van der Waals surface area contributed by atoms with E-state index in [4.69, 9.17) is 4.74 Å². The Labute approximate surface area is 105 Å². The number of aromatic nitrogens is 2. The van der Waals surface area contributed by atoms with Crippen LogP contribution < -0.4 is 10.1 Å². The van der Waals surface area contributed by atoms with Gasteiger partial charge < -0.3 is 10.1 Å². The van der Waals surface area contributed by atoms with Crippen molar-refractivity contribution < 1.29 is 9.53 Å². The summed E-state index contributed by atoms with van der Waals surface area (Å²) in [5.41, 5.74) is 2.55. The maximum absolute atomic E-state index is 11.9. The van der Waals surface area contributed by atoms with E-state index in [1.165, 1.54) is 0 Å². The fourth-order valence-corrected chi connectivity index (χ4v) is 1.57. The van der Waals surface area contributed by atoms with Crippen molar-refractivity contribution in [2.75, 3.05) is 7.11 Å². The third-order valence-electron chi connectivity index (χ3n) is 2.73. The highest BCUT2D eigenvalue weighted by molar-refractivity contribution is 5.94. The first-order valence-electron chi connectivity index (χ1n) is 5.62. The average Bonchev–Trinajstić information content (AvgIpc) is 2.81. The first kappa shape index (κ1) is 12.2. The number of aromatic amines is 1. The van der Waals surface area contributed by atoms with Crippen molar-refractivity contribution in [1.29, 1.82) is 0 Å². The summed E-state index contributed by atoms with van der Waals surface area (Å²) in [6.07, 6.45) is 1.71. The van der Waals surface area contributed by atoms with Crippen molar-refractivity contribution in [3.63, 3.8) is 0 Å². The minimum atomic E-state index is -0.113. The maximum Gasteiger partial charge on any atom is 0.251 e. The Morgan fingerprint density at radius 1 is 1.39 bits per heavy atom. The zero-order chi connectivity index (χ0) is 13.0. The summed E-state index contributed by atoms with van der Waals surface area (Å²) in [6.45, 7) is 2.38. The molecule has 0 saturated carbocycles. The molecule has 0 aliphatic rings. The monoisotopic (exact) mass is 245 g/mol. The van der Waals surface area contributed by atoms with Crippen LogP contribution in [-0.2, 0) is 6.54 Å². The van der Waals surface area contributed by atoms with E-state index in [1.54, 1.807) is 37.6 Å². The average molecular weight is 245 g/mol. The largest absolute Gasteiger partial charge is 0.497 e. The fourth-order valence-electron chi connectivity index (χ4n) is 1.57. The number of ether oxygens (including phenoxy) is 1. The molecule has 0 radical (unpaired) electrons. The predicted molar refractivity (Wildman–Crippen MR) is 67.5 cm³/mol. The van der Waals surface area contributed by atoms with E-state index in [0.29, 0.717) is 12.1 Å². The number of carbonyl (C=O) groups excluding carboxylic acids is 1. The van der Waals surface area contributed by atoms with Crippen LogP contribution in [0.3, 0.4) is 0 Å². The van der Waals surface area contributed by atoms with Crippen molar-refractivity contribution >= 4 is 5.91 Å². The van der Waals surface area contributed by atoms with E-state index in [1.807, 2.05) is 6.92 Å². The van der Waals surface area contributed by atoms with Gasteiger partial charge in [0.15, 0.2) is 0 Å². The van der Waals surface area contributed by atoms with Gasteiger partial charge in [0.25, 0.3) is 5.91 Å². The Morgan fingerprint density at radius 2 is 2.11 bits per heavy atom. The topological polar surface area (TPSA) is 67.0 Å². The van der Waals surface area contributed by atoms with Gasteiger partial charge >= 0.3 is 0 Å². The van der Waals surface area contributed by atoms with Gasteiger partial charge in [0.2, 0.25) is 0 Å². The van der Waals surface area contributed by atoms with Crippen LogP contribution in [0.4, 0.5) is 0 Å². The lowest BCUT2D eigenvalue weighted by molar-refractivity contribution is 0.0951. The summed E-state index contributed by atoms with van der Waals surface area (Å²) in [5.74, 6) is 0.621. The summed E-state index contributed by atoms with van der Waals surface area (Å²) in [6, 6.07) is 6.99. The van der Waals surface area contributed by atoms with Crippen molar-refractivity contribution in [2.45, 2.75) is 13.5 Å². The third kappa shape index (κ3) is 2.68. The SMILES string of the molecule is COc1ccc(C(=O)NCc2cn[nH]c2C)cc1. The molecular weight excluding hydrogens is 230 g/mol. The normalized spacial score (nSPS) is 10.1. The molecule has 1 aromatic heterocycles. The van der Waals surface area contributed by atoms with Crippen LogP contribution in [0.15, 0.2) is 30.5 Å². The summed E-state index contributed by atoms with van der Waals surface area (Å²) in [5, 5.41) is 9.57. The molecule has 1 amide bonds. The molecule has 18 heavy (non-hydrogen) atoms. The second kappa shape index (κ2) is 5.35. The van der Waals surface area contributed by atoms with Crippen LogP contribution in [0.25, 0.3) is 0 Å². The maximum atomic E-state index is 11.9. The van der Waals surface area contributed by atoms with Gasteiger partial charge in [0.05, 0.1) is 13.3 Å².